The minimum absolute atomic E-state index is 0. The predicted molar refractivity (Wildman–Crippen MR) is 149 cm³/mol. The molecule has 206 valence electrons. The molecule has 2 heterocycles. The molecule has 1 unspecified atom stereocenters. The summed E-state index contributed by atoms with van der Waals surface area (Å²) in [5, 5.41) is 4.26. The second-order valence-electron chi connectivity index (χ2n) is 9.87. The van der Waals surface area contributed by atoms with Gasteiger partial charge in [-0.3, -0.25) is 9.78 Å². The molecule has 1 aromatic heterocycles. The van der Waals surface area contributed by atoms with E-state index in [0.717, 1.165) is 40.1 Å². The molecule has 7 nitrogen and oxygen atoms in total. The van der Waals surface area contributed by atoms with Crippen molar-refractivity contribution in [2.75, 3.05) is 62.8 Å². The lowest BCUT2D eigenvalue weighted by Crippen LogP contribution is -2.50. The summed E-state index contributed by atoms with van der Waals surface area (Å²) < 4.78 is 40.0. The van der Waals surface area contributed by atoms with Crippen molar-refractivity contribution in [2.24, 2.45) is 0 Å². The van der Waals surface area contributed by atoms with E-state index in [1.54, 1.807) is 6.07 Å². The van der Waals surface area contributed by atoms with E-state index in [0.29, 0.717) is 38.3 Å². The average molecular weight is 551 g/mol. The molecule has 1 atom stereocenters. The smallest absolute Gasteiger partial charge is 0.399 e. The number of hydrogen-bond acceptors (Lipinski definition) is 6. The Morgan fingerprint density at radius 2 is 1.79 bits per heavy atom. The van der Waals surface area contributed by atoms with Gasteiger partial charge >= 0.3 is 6.18 Å². The number of aromatic nitrogens is 1. The highest BCUT2D eigenvalue weighted by Crippen LogP contribution is 2.35. The number of aryl methyl sites for hydroxylation is 1. The summed E-state index contributed by atoms with van der Waals surface area (Å²) in [6.07, 6.45) is -4.47. The number of amides is 1. The summed E-state index contributed by atoms with van der Waals surface area (Å²) in [6, 6.07) is 11.1. The zero-order valence-corrected chi connectivity index (χ0v) is 22.8. The van der Waals surface area contributed by atoms with Gasteiger partial charge in [0.2, 0.25) is 5.91 Å². The standard InChI is InChI=1S/C27H33F3N6O.ClH/c1-17-11-25(33-18(2)19-12-20(27(28,29)30)14-21(31)13-19)23-15-22(5-6-24(23)32-17)35-7-9-36(10-8-35)26(37)16-34(3)4;/h5-6,11-15,18H,7-10,16,31H2,1-4H3,(H,32,33);1H. The number of nitrogens with one attached hydrogen (secondary N) is 1. The Bertz CT molecular complexity index is 1290. The van der Waals surface area contributed by atoms with E-state index >= 15 is 0 Å². The van der Waals surface area contributed by atoms with E-state index in [1.807, 2.05) is 55.9 Å². The van der Waals surface area contributed by atoms with Crippen LogP contribution in [0.4, 0.5) is 30.2 Å². The third-order valence-electron chi connectivity index (χ3n) is 6.55. The first kappa shape index (κ1) is 29.3. The zero-order valence-electron chi connectivity index (χ0n) is 22.0. The van der Waals surface area contributed by atoms with Gasteiger partial charge in [0.15, 0.2) is 0 Å². The van der Waals surface area contributed by atoms with Crippen LogP contribution in [0, 0.1) is 6.92 Å². The molecular formula is C27H34ClF3N6O. The highest BCUT2D eigenvalue weighted by atomic mass is 35.5. The van der Waals surface area contributed by atoms with Crippen LogP contribution in [0.15, 0.2) is 42.5 Å². The van der Waals surface area contributed by atoms with Crippen molar-refractivity contribution in [2.45, 2.75) is 26.1 Å². The Morgan fingerprint density at radius 3 is 2.42 bits per heavy atom. The van der Waals surface area contributed by atoms with Crippen LogP contribution in [-0.2, 0) is 11.0 Å². The number of benzene rings is 2. The second kappa shape index (κ2) is 11.7. The number of likely N-dealkylation sites (N-methyl/N-ethyl adjacent to an activating group) is 1. The second-order valence-corrected chi connectivity index (χ2v) is 9.87. The first-order valence-corrected chi connectivity index (χ1v) is 12.2. The summed E-state index contributed by atoms with van der Waals surface area (Å²) in [4.78, 5) is 23.0. The number of carbonyl (C=O) groups is 1. The van der Waals surface area contributed by atoms with Gasteiger partial charge in [0.05, 0.1) is 17.6 Å². The Morgan fingerprint density at radius 1 is 1.11 bits per heavy atom. The van der Waals surface area contributed by atoms with Crippen molar-refractivity contribution in [1.29, 1.82) is 0 Å². The van der Waals surface area contributed by atoms with Crippen molar-refractivity contribution in [1.82, 2.24) is 14.8 Å². The molecule has 1 saturated heterocycles. The van der Waals surface area contributed by atoms with Crippen molar-refractivity contribution in [3.63, 3.8) is 0 Å². The van der Waals surface area contributed by atoms with Gasteiger partial charge < -0.3 is 25.8 Å². The van der Waals surface area contributed by atoms with E-state index in [9.17, 15) is 18.0 Å². The molecule has 0 radical (unpaired) electrons. The molecule has 1 fully saturated rings. The molecule has 4 rings (SSSR count). The van der Waals surface area contributed by atoms with Crippen LogP contribution in [-0.4, -0.2) is 67.5 Å². The highest BCUT2D eigenvalue weighted by Gasteiger charge is 2.31. The fraction of sp³-hybridized carbons (Fsp3) is 0.407. The van der Waals surface area contributed by atoms with Gasteiger partial charge in [-0.1, -0.05) is 0 Å². The third kappa shape index (κ3) is 6.79. The summed E-state index contributed by atoms with van der Waals surface area (Å²) in [6.45, 7) is 6.82. The largest absolute Gasteiger partial charge is 0.416 e. The van der Waals surface area contributed by atoms with E-state index < -0.39 is 17.8 Å². The van der Waals surface area contributed by atoms with E-state index in [2.05, 4.69) is 21.3 Å². The van der Waals surface area contributed by atoms with E-state index in [-0.39, 0.29) is 24.0 Å². The normalized spacial score (nSPS) is 14.9. The minimum Gasteiger partial charge on any atom is -0.399 e. The highest BCUT2D eigenvalue weighted by molar-refractivity contribution is 5.94. The number of nitrogens with zero attached hydrogens (tertiary/aromatic N) is 4. The number of pyridine rings is 1. The van der Waals surface area contributed by atoms with Crippen LogP contribution in [0.5, 0.6) is 0 Å². The Labute approximate surface area is 227 Å². The van der Waals surface area contributed by atoms with Gasteiger partial charge in [-0.05, 0) is 76.0 Å². The molecular weight excluding hydrogens is 517 g/mol. The van der Waals surface area contributed by atoms with Crippen LogP contribution in [0.25, 0.3) is 10.9 Å². The summed E-state index contributed by atoms with van der Waals surface area (Å²) in [5.41, 5.74) is 8.92. The van der Waals surface area contributed by atoms with Crippen molar-refractivity contribution in [3.8, 4) is 0 Å². The van der Waals surface area contributed by atoms with Gasteiger partial charge in [-0.2, -0.15) is 13.2 Å². The maximum Gasteiger partial charge on any atom is 0.416 e. The molecule has 1 amide bonds. The molecule has 11 heteroatoms. The van der Waals surface area contributed by atoms with Gasteiger partial charge in [0, 0.05) is 60.4 Å². The molecule has 38 heavy (non-hydrogen) atoms. The molecule has 1 aliphatic rings. The quantitative estimate of drug-likeness (QED) is 0.423. The monoisotopic (exact) mass is 550 g/mol. The first-order chi connectivity index (χ1) is 17.4. The fourth-order valence-electron chi connectivity index (χ4n) is 4.65. The number of anilines is 3. The fourth-order valence-corrected chi connectivity index (χ4v) is 4.65. The SMILES string of the molecule is Cc1cc(NC(C)c2cc(N)cc(C(F)(F)F)c2)c2cc(N3CCN(C(=O)CN(C)C)CC3)ccc2n1.Cl. The van der Waals surface area contributed by atoms with Gasteiger partial charge in [-0.25, -0.2) is 0 Å². The molecule has 0 bridgehead atoms. The minimum atomic E-state index is -4.47. The van der Waals surface area contributed by atoms with E-state index in [4.69, 9.17) is 5.73 Å². The average Bonchev–Trinajstić information content (AvgIpc) is 2.82. The lowest BCUT2D eigenvalue weighted by atomic mass is 10.0. The summed E-state index contributed by atoms with van der Waals surface area (Å²) in [5.74, 6) is 0.124. The first-order valence-electron chi connectivity index (χ1n) is 12.2. The maximum absolute atomic E-state index is 13.3. The third-order valence-corrected chi connectivity index (χ3v) is 6.55. The van der Waals surface area contributed by atoms with Crippen molar-refractivity contribution < 1.29 is 18.0 Å². The Balaban J connectivity index is 0.00000400. The van der Waals surface area contributed by atoms with Crippen LogP contribution in [0.2, 0.25) is 0 Å². The number of nitrogen functional groups attached to an aromatic ring is 1. The maximum atomic E-state index is 13.3. The van der Waals surface area contributed by atoms with Crippen LogP contribution >= 0.6 is 12.4 Å². The predicted octanol–water partition coefficient (Wildman–Crippen LogP) is 4.95. The number of hydrogen-bond donors (Lipinski definition) is 2. The number of rotatable bonds is 6. The Hall–Kier alpha value is -3.24. The zero-order chi connectivity index (χ0) is 26.9. The molecule has 0 aliphatic carbocycles. The van der Waals surface area contributed by atoms with Gasteiger partial charge in [-0.15, -0.1) is 12.4 Å². The van der Waals surface area contributed by atoms with Crippen LogP contribution < -0.4 is 16.0 Å². The lowest BCUT2D eigenvalue weighted by Gasteiger charge is -2.36. The number of piperazine rings is 1. The molecule has 2 aromatic carbocycles. The molecule has 1 aliphatic heterocycles. The van der Waals surface area contributed by atoms with Gasteiger partial charge in [0.25, 0.3) is 0 Å². The van der Waals surface area contributed by atoms with Crippen molar-refractivity contribution in [3.05, 3.63) is 59.3 Å². The number of carbonyl (C=O) groups excluding carboxylic acids is 1. The van der Waals surface area contributed by atoms with Crippen LogP contribution in [0.3, 0.4) is 0 Å². The topological polar surface area (TPSA) is 77.7 Å². The number of alkyl halides is 3. The molecule has 0 saturated carbocycles. The summed E-state index contributed by atoms with van der Waals surface area (Å²) >= 11 is 0. The number of halogens is 4. The van der Waals surface area contributed by atoms with Crippen molar-refractivity contribution >= 4 is 46.3 Å². The molecule has 3 aromatic rings. The summed E-state index contributed by atoms with van der Waals surface area (Å²) in [7, 11) is 3.76. The number of fused-ring (bicyclic) bond motifs is 1. The van der Waals surface area contributed by atoms with Gasteiger partial charge in [0.1, 0.15) is 0 Å². The Kier molecular flexibility index (Phi) is 8.99. The number of nitrogens with two attached hydrogens (primary N) is 1. The van der Waals surface area contributed by atoms with Crippen LogP contribution in [0.1, 0.15) is 29.8 Å². The van der Waals surface area contributed by atoms with E-state index in [1.165, 1.54) is 0 Å². The molecule has 0 spiro atoms. The molecule has 3 N–H and O–H groups in total. The lowest BCUT2D eigenvalue weighted by molar-refractivity contribution is -0.137.